The third kappa shape index (κ3) is 5.40. The fourth-order valence-electron chi connectivity index (χ4n) is 3.36. The first kappa shape index (κ1) is 23.4. The molecule has 1 aromatic heterocycles. The lowest BCUT2D eigenvalue weighted by molar-refractivity contribution is -0.141. The van der Waals surface area contributed by atoms with E-state index in [1.165, 1.54) is 11.8 Å². The predicted octanol–water partition coefficient (Wildman–Crippen LogP) is 5.10. The third-order valence-corrected chi connectivity index (χ3v) is 6.03. The van der Waals surface area contributed by atoms with Gasteiger partial charge in [0.1, 0.15) is 6.61 Å². The van der Waals surface area contributed by atoms with Crippen LogP contribution in [0.25, 0.3) is 17.1 Å². The molecule has 8 heteroatoms. The molecular weight excluding hydrogens is 450 g/mol. The number of carbonyl (C=O) groups excluding carboxylic acids is 1. The van der Waals surface area contributed by atoms with Crippen LogP contribution in [-0.4, -0.2) is 40.7 Å². The summed E-state index contributed by atoms with van der Waals surface area (Å²) in [5.41, 5.74) is 3.78. The van der Waals surface area contributed by atoms with Gasteiger partial charge in [0.05, 0.1) is 20.0 Å². The van der Waals surface area contributed by atoms with Gasteiger partial charge < -0.3 is 14.2 Å². The molecule has 3 aromatic carbocycles. The molecule has 0 unspecified atom stereocenters. The van der Waals surface area contributed by atoms with Crippen molar-refractivity contribution in [1.29, 1.82) is 0 Å². The van der Waals surface area contributed by atoms with Gasteiger partial charge in [0.25, 0.3) is 0 Å². The molecule has 0 radical (unpaired) electrons. The summed E-state index contributed by atoms with van der Waals surface area (Å²) < 4.78 is 18.2. The Bertz CT molecular complexity index is 1260. The SMILES string of the molecule is COc1ccc(-c2nnc(SCC(=O)OCc3ccccc3)n2-c2ccc(C)cc2)cc1OC. The summed E-state index contributed by atoms with van der Waals surface area (Å²) in [6, 6.07) is 23.2. The largest absolute Gasteiger partial charge is 0.493 e. The second kappa shape index (κ2) is 10.9. The first-order valence-electron chi connectivity index (χ1n) is 10.7. The van der Waals surface area contributed by atoms with Crippen molar-refractivity contribution < 1.29 is 19.0 Å². The number of carbonyl (C=O) groups is 1. The molecule has 0 aliphatic rings. The molecule has 0 bridgehead atoms. The molecule has 0 saturated carbocycles. The van der Waals surface area contributed by atoms with Crippen molar-refractivity contribution in [3.63, 3.8) is 0 Å². The van der Waals surface area contributed by atoms with Crippen LogP contribution in [0.15, 0.2) is 78.0 Å². The van der Waals surface area contributed by atoms with Gasteiger partial charge in [0, 0.05) is 11.3 Å². The summed E-state index contributed by atoms with van der Waals surface area (Å²) in [5, 5.41) is 9.40. The number of benzene rings is 3. The quantitative estimate of drug-likeness (QED) is 0.246. The Morgan fingerprint density at radius 1 is 0.912 bits per heavy atom. The molecule has 7 nitrogen and oxygen atoms in total. The molecule has 0 N–H and O–H groups in total. The molecule has 34 heavy (non-hydrogen) atoms. The van der Waals surface area contributed by atoms with Gasteiger partial charge in [-0.3, -0.25) is 9.36 Å². The van der Waals surface area contributed by atoms with Gasteiger partial charge in [-0.1, -0.05) is 59.8 Å². The van der Waals surface area contributed by atoms with Crippen molar-refractivity contribution in [3.8, 4) is 28.6 Å². The molecular formula is C26H25N3O4S. The second-order valence-corrected chi connectivity index (χ2v) is 8.42. The predicted molar refractivity (Wildman–Crippen MR) is 132 cm³/mol. The summed E-state index contributed by atoms with van der Waals surface area (Å²) in [5.74, 6) is 1.65. The van der Waals surface area contributed by atoms with Crippen molar-refractivity contribution in [3.05, 3.63) is 83.9 Å². The maximum atomic E-state index is 12.4. The Morgan fingerprint density at radius 2 is 1.65 bits per heavy atom. The number of rotatable bonds is 9. The molecule has 0 fully saturated rings. The molecule has 0 aliphatic heterocycles. The minimum atomic E-state index is -0.319. The van der Waals surface area contributed by atoms with E-state index in [4.69, 9.17) is 14.2 Å². The number of hydrogen-bond donors (Lipinski definition) is 0. The second-order valence-electron chi connectivity index (χ2n) is 7.48. The number of methoxy groups -OCH3 is 2. The Morgan fingerprint density at radius 3 is 2.35 bits per heavy atom. The van der Waals surface area contributed by atoms with E-state index >= 15 is 0 Å². The summed E-state index contributed by atoms with van der Waals surface area (Å²) in [4.78, 5) is 12.4. The van der Waals surface area contributed by atoms with E-state index in [2.05, 4.69) is 10.2 Å². The molecule has 4 aromatic rings. The Labute approximate surface area is 202 Å². The van der Waals surface area contributed by atoms with Crippen LogP contribution >= 0.6 is 11.8 Å². The maximum absolute atomic E-state index is 12.4. The van der Waals surface area contributed by atoms with Gasteiger partial charge in [-0.2, -0.15) is 0 Å². The molecule has 1 heterocycles. The number of hydrogen-bond acceptors (Lipinski definition) is 7. The van der Waals surface area contributed by atoms with Crippen molar-refractivity contribution >= 4 is 17.7 Å². The molecule has 174 valence electrons. The van der Waals surface area contributed by atoms with E-state index in [9.17, 15) is 4.79 Å². The minimum absolute atomic E-state index is 0.114. The number of aromatic nitrogens is 3. The number of nitrogens with zero attached hydrogens (tertiary/aromatic N) is 3. The lowest BCUT2D eigenvalue weighted by Gasteiger charge is -2.13. The standard InChI is InChI=1S/C26H25N3O4S/c1-18-9-12-21(13-10-18)29-25(20-11-14-22(31-2)23(15-20)32-3)27-28-26(29)34-17-24(30)33-16-19-7-5-4-6-8-19/h4-15H,16-17H2,1-3H3. The lowest BCUT2D eigenvalue weighted by atomic mass is 10.1. The minimum Gasteiger partial charge on any atom is -0.493 e. The van der Waals surface area contributed by atoms with Crippen LogP contribution in [0.3, 0.4) is 0 Å². The van der Waals surface area contributed by atoms with Crippen molar-refractivity contribution in [1.82, 2.24) is 14.8 Å². The molecule has 0 amide bonds. The molecule has 0 spiro atoms. The van der Waals surface area contributed by atoms with Crippen LogP contribution in [0.2, 0.25) is 0 Å². The fraction of sp³-hybridized carbons (Fsp3) is 0.192. The Hall–Kier alpha value is -3.78. The van der Waals surface area contributed by atoms with Crippen molar-refractivity contribution in [2.45, 2.75) is 18.7 Å². The zero-order valence-corrected chi connectivity index (χ0v) is 20.0. The summed E-state index contributed by atoms with van der Waals surface area (Å²) in [6.45, 7) is 2.27. The van der Waals surface area contributed by atoms with Gasteiger partial charge >= 0.3 is 5.97 Å². The van der Waals surface area contributed by atoms with Crippen LogP contribution in [0.4, 0.5) is 0 Å². The monoisotopic (exact) mass is 475 g/mol. The normalized spacial score (nSPS) is 10.7. The number of esters is 1. The molecule has 0 atom stereocenters. The zero-order chi connectivity index (χ0) is 23.9. The van der Waals surface area contributed by atoms with Crippen LogP contribution in [0.5, 0.6) is 11.5 Å². The van der Waals surface area contributed by atoms with E-state index in [1.807, 2.05) is 84.3 Å². The smallest absolute Gasteiger partial charge is 0.316 e. The van der Waals surface area contributed by atoms with Crippen LogP contribution in [0, 0.1) is 6.92 Å². The summed E-state index contributed by atoms with van der Waals surface area (Å²) in [7, 11) is 3.19. The fourth-order valence-corrected chi connectivity index (χ4v) is 4.11. The Balaban J connectivity index is 1.59. The highest BCUT2D eigenvalue weighted by atomic mass is 32.2. The van der Waals surface area contributed by atoms with E-state index in [-0.39, 0.29) is 18.3 Å². The zero-order valence-electron chi connectivity index (χ0n) is 19.2. The van der Waals surface area contributed by atoms with Crippen LogP contribution < -0.4 is 9.47 Å². The van der Waals surface area contributed by atoms with Gasteiger partial charge in [-0.05, 0) is 42.8 Å². The first-order chi connectivity index (χ1) is 16.6. The van der Waals surface area contributed by atoms with Gasteiger partial charge in [0.15, 0.2) is 22.5 Å². The topological polar surface area (TPSA) is 75.5 Å². The van der Waals surface area contributed by atoms with Crippen molar-refractivity contribution in [2.75, 3.05) is 20.0 Å². The van der Waals surface area contributed by atoms with E-state index in [0.29, 0.717) is 22.5 Å². The molecule has 0 saturated heterocycles. The average Bonchev–Trinajstić information content (AvgIpc) is 3.30. The number of thioether (sulfide) groups is 1. The maximum Gasteiger partial charge on any atom is 0.316 e. The Kier molecular flexibility index (Phi) is 7.49. The lowest BCUT2D eigenvalue weighted by Crippen LogP contribution is -2.08. The summed E-state index contributed by atoms with van der Waals surface area (Å²) >= 11 is 1.28. The highest BCUT2D eigenvalue weighted by Gasteiger charge is 2.19. The van der Waals surface area contributed by atoms with E-state index in [0.717, 1.165) is 22.4 Å². The van der Waals surface area contributed by atoms with Gasteiger partial charge in [-0.15, -0.1) is 10.2 Å². The van der Waals surface area contributed by atoms with Gasteiger partial charge in [0.2, 0.25) is 0 Å². The van der Waals surface area contributed by atoms with E-state index < -0.39 is 0 Å². The van der Waals surface area contributed by atoms with E-state index in [1.54, 1.807) is 14.2 Å². The van der Waals surface area contributed by atoms with Crippen LogP contribution in [-0.2, 0) is 16.1 Å². The number of aryl methyl sites for hydroxylation is 1. The molecule has 4 rings (SSSR count). The third-order valence-electron chi connectivity index (χ3n) is 5.13. The highest BCUT2D eigenvalue weighted by molar-refractivity contribution is 7.99. The molecule has 0 aliphatic carbocycles. The number of ether oxygens (including phenoxy) is 3. The highest BCUT2D eigenvalue weighted by Crippen LogP contribution is 2.34. The van der Waals surface area contributed by atoms with Crippen molar-refractivity contribution in [2.24, 2.45) is 0 Å². The van der Waals surface area contributed by atoms with Gasteiger partial charge in [-0.25, -0.2) is 0 Å². The van der Waals surface area contributed by atoms with Crippen LogP contribution in [0.1, 0.15) is 11.1 Å². The average molecular weight is 476 g/mol. The first-order valence-corrected chi connectivity index (χ1v) is 11.6. The summed E-state index contributed by atoms with van der Waals surface area (Å²) in [6.07, 6.45) is 0.